The molecule has 138 valence electrons. The average Bonchev–Trinajstić information content (AvgIpc) is 2.66. The van der Waals surface area contributed by atoms with Crippen LogP contribution in [0, 0.1) is 5.82 Å². The Morgan fingerprint density at radius 2 is 1.78 bits per heavy atom. The second-order valence-electron chi connectivity index (χ2n) is 6.27. The highest BCUT2D eigenvalue weighted by atomic mass is 32.2. The molecule has 8 heteroatoms. The monoisotopic (exact) mass is 384 g/mol. The van der Waals surface area contributed by atoms with Gasteiger partial charge in [-0.05, 0) is 23.8 Å². The van der Waals surface area contributed by atoms with Crippen LogP contribution in [0.5, 0.6) is 0 Å². The van der Waals surface area contributed by atoms with Gasteiger partial charge in [-0.25, -0.2) is 14.4 Å². The zero-order valence-electron chi connectivity index (χ0n) is 14.2. The number of nitrogen functional groups attached to an aromatic ring is 1. The molecular weight excluding hydrogens is 367 g/mol. The van der Waals surface area contributed by atoms with E-state index in [-0.39, 0.29) is 5.95 Å². The lowest BCUT2D eigenvalue weighted by Crippen LogP contribution is -2.53. The van der Waals surface area contributed by atoms with Crippen LogP contribution in [0.1, 0.15) is 0 Å². The molecule has 3 aromatic rings. The standard InChI is InChI=1S/C19H17FN4O2S/c20-17-7-12(5-6-15(17)13-8-22-19(21)23-9-13)16-3-1-2-4-18(16)27(26)24-10-14(25)11-24/h1-9,14,25H,10-11H2,(H2,21,22,23). The van der Waals surface area contributed by atoms with Crippen LogP contribution in [0.15, 0.2) is 59.8 Å². The number of nitrogens with zero attached hydrogens (tertiary/aromatic N) is 3. The number of anilines is 1. The van der Waals surface area contributed by atoms with Gasteiger partial charge in [0, 0.05) is 29.1 Å². The first-order valence-electron chi connectivity index (χ1n) is 8.34. The Labute approximate surface area is 158 Å². The molecule has 2 heterocycles. The van der Waals surface area contributed by atoms with Crippen molar-refractivity contribution in [2.75, 3.05) is 18.8 Å². The first kappa shape index (κ1) is 17.9. The number of nitrogens with two attached hydrogens (primary N) is 1. The fourth-order valence-corrected chi connectivity index (χ4v) is 4.40. The van der Waals surface area contributed by atoms with Gasteiger partial charge in [-0.3, -0.25) is 0 Å². The quantitative estimate of drug-likeness (QED) is 0.670. The van der Waals surface area contributed by atoms with Crippen molar-refractivity contribution in [3.63, 3.8) is 0 Å². The number of benzene rings is 2. The van der Waals surface area contributed by atoms with Crippen LogP contribution in [0.2, 0.25) is 0 Å². The predicted molar refractivity (Wildman–Crippen MR) is 101 cm³/mol. The van der Waals surface area contributed by atoms with E-state index in [1.54, 1.807) is 28.6 Å². The Morgan fingerprint density at radius 1 is 1.07 bits per heavy atom. The maximum atomic E-state index is 14.7. The van der Waals surface area contributed by atoms with E-state index in [4.69, 9.17) is 5.73 Å². The Kier molecular flexibility index (Phi) is 4.79. The molecule has 0 saturated carbocycles. The molecule has 27 heavy (non-hydrogen) atoms. The summed E-state index contributed by atoms with van der Waals surface area (Å²) in [6.45, 7) is 0.733. The number of aliphatic hydroxyl groups excluding tert-OH is 1. The molecule has 0 spiro atoms. The van der Waals surface area contributed by atoms with E-state index in [0.29, 0.717) is 40.2 Å². The fourth-order valence-electron chi connectivity index (χ4n) is 2.94. The Balaban J connectivity index is 1.68. The zero-order valence-corrected chi connectivity index (χ0v) is 15.1. The molecule has 1 aromatic heterocycles. The summed E-state index contributed by atoms with van der Waals surface area (Å²) in [6, 6.07) is 12.0. The molecule has 0 aliphatic carbocycles. The van der Waals surface area contributed by atoms with Crippen LogP contribution < -0.4 is 5.73 Å². The summed E-state index contributed by atoms with van der Waals surface area (Å²) in [6.07, 6.45) is 2.50. The largest absolute Gasteiger partial charge is 0.593 e. The van der Waals surface area contributed by atoms with E-state index in [1.165, 1.54) is 18.5 Å². The van der Waals surface area contributed by atoms with Crippen molar-refractivity contribution >= 4 is 17.3 Å². The molecule has 1 unspecified atom stereocenters. The van der Waals surface area contributed by atoms with Crippen LogP contribution in [-0.4, -0.2) is 43.1 Å². The molecule has 2 aromatic carbocycles. The van der Waals surface area contributed by atoms with Gasteiger partial charge in [-0.2, -0.15) is 0 Å². The van der Waals surface area contributed by atoms with Gasteiger partial charge >= 0.3 is 0 Å². The van der Waals surface area contributed by atoms with Crippen LogP contribution in [0.25, 0.3) is 22.3 Å². The van der Waals surface area contributed by atoms with Crippen molar-refractivity contribution in [2.45, 2.75) is 11.0 Å². The van der Waals surface area contributed by atoms with E-state index in [9.17, 15) is 14.0 Å². The van der Waals surface area contributed by atoms with Crippen LogP contribution in [-0.2, 0) is 11.4 Å². The molecule has 0 amide bonds. The maximum absolute atomic E-state index is 14.7. The average molecular weight is 384 g/mol. The van der Waals surface area contributed by atoms with E-state index >= 15 is 0 Å². The van der Waals surface area contributed by atoms with Gasteiger partial charge in [-0.1, -0.05) is 24.3 Å². The third-order valence-electron chi connectivity index (χ3n) is 4.40. The Bertz CT molecular complexity index is 964. The van der Waals surface area contributed by atoms with Crippen LogP contribution in [0.4, 0.5) is 10.3 Å². The lowest BCUT2D eigenvalue weighted by Gasteiger charge is -2.35. The summed E-state index contributed by atoms with van der Waals surface area (Å²) in [5.74, 6) is -0.302. The van der Waals surface area contributed by atoms with E-state index < -0.39 is 23.3 Å². The van der Waals surface area contributed by atoms with Crippen LogP contribution >= 0.6 is 0 Å². The lowest BCUT2D eigenvalue weighted by molar-refractivity contribution is 0.0548. The third-order valence-corrected chi connectivity index (χ3v) is 5.90. The molecule has 1 aliphatic rings. The van der Waals surface area contributed by atoms with Gasteiger partial charge in [0.1, 0.15) is 5.82 Å². The van der Waals surface area contributed by atoms with Gasteiger partial charge < -0.3 is 15.4 Å². The van der Waals surface area contributed by atoms with Gasteiger partial charge in [0.25, 0.3) is 0 Å². The number of halogens is 1. The van der Waals surface area contributed by atoms with Crippen molar-refractivity contribution in [1.82, 2.24) is 14.3 Å². The SMILES string of the molecule is Nc1ncc(-c2ccc(-c3ccccc3[S+]([O-])N3CC(O)C3)cc2F)cn1. The summed E-state index contributed by atoms with van der Waals surface area (Å²) in [4.78, 5) is 8.37. The molecule has 1 saturated heterocycles. The summed E-state index contributed by atoms with van der Waals surface area (Å²) in [5.41, 5.74) is 7.68. The summed E-state index contributed by atoms with van der Waals surface area (Å²) in [5, 5.41) is 9.45. The van der Waals surface area contributed by atoms with Crippen molar-refractivity contribution in [1.29, 1.82) is 0 Å². The summed E-state index contributed by atoms with van der Waals surface area (Å²) >= 11 is -1.41. The smallest absolute Gasteiger partial charge is 0.219 e. The number of aromatic nitrogens is 2. The van der Waals surface area contributed by atoms with Crippen molar-refractivity contribution in [3.8, 4) is 22.3 Å². The minimum Gasteiger partial charge on any atom is -0.593 e. The molecular formula is C19H17FN4O2S. The molecule has 3 N–H and O–H groups in total. The molecule has 1 fully saturated rings. The summed E-state index contributed by atoms with van der Waals surface area (Å²) < 4.78 is 29.2. The van der Waals surface area contributed by atoms with Crippen LogP contribution in [0.3, 0.4) is 0 Å². The van der Waals surface area contributed by atoms with Crippen molar-refractivity contribution < 1.29 is 14.0 Å². The van der Waals surface area contributed by atoms with Gasteiger partial charge in [0.05, 0.1) is 30.6 Å². The number of aliphatic hydroxyl groups is 1. The van der Waals surface area contributed by atoms with Gasteiger partial charge in [0.2, 0.25) is 5.95 Å². The summed E-state index contributed by atoms with van der Waals surface area (Å²) in [7, 11) is 0. The topological polar surface area (TPSA) is 98.3 Å². The molecule has 4 rings (SSSR count). The molecule has 0 bridgehead atoms. The highest BCUT2D eigenvalue weighted by Gasteiger charge is 2.36. The first-order chi connectivity index (χ1) is 13.0. The molecule has 1 aliphatic heterocycles. The maximum Gasteiger partial charge on any atom is 0.219 e. The highest BCUT2D eigenvalue weighted by molar-refractivity contribution is 7.89. The molecule has 1 atom stereocenters. The predicted octanol–water partition coefficient (Wildman–Crippen LogP) is 2.23. The number of hydrogen-bond donors (Lipinski definition) is 2. The van der Waals surface area contributed by atoms with E-state index in [2.05, 4.69) is 9.97 Å². The van der Waals surface area contributed by atoms with E-state index in [0.717, 1.165) is 0 Å². The minimum absolute atomic E-state index is 0.128. The number of β-amino-alcohol motifs (C(OH)–C–C–N with tert-alkyl or cyclic N) is 1. The Morgan fingerprint density at radius 3 is 2.44 bits per heavy atom. The number of hydrogen-bond acceptors (Lipinski definition) is 6. The fraction of sp³-hybridized carbons (Fsp3) is 0.158. The lowest BCUT2D eigenvalue weighted by atomic mass is 10.0. The van der Waals surface area contributed by atoms with Crippen molar-refractivity contribution in [2.24, 2.45) is 0 Å². The van der Waals surface area contributed by atoms with Crippen molar-refractivity contribution in [3.05, 3.63) is 60.7 Å². The van der Waals surface area contributed by atoms with Gasteiger partial charge in [0.15, 0.2) is 4.90 Å². The molecule has 0 radical (unpaired) electrons. The zero-order chi connectivity index (χ0) is 19.0. The number of rotatable bonds is 4. The van der Waals surface area contributed by atoms with E-state index in [1.807, 2.05) is 12.1 Å². The minimum atomic E-state index is -1.41. The first-order valence-corrected chi connectivity index (χ1v) is 9.45. The third kappa shape index (κ3) is 3.52. The molecule has 6 nitrogen and oxygen atoms in total. The van der Waals surface area contributed by atoms with Gasteiger partial charge in [-0.15, -0.1) is 4.31 Å². The second-order valence-corrected chi connectivity index (χ2v) is 7.73. The Hall–Kier alpha value is -2.52. The second kappa shape index (κ2) is 7.24. The highest BCUT2D eigenvalue weighted by Crippen LogP contribution is 2.33. The normalized spacial score (nSPS) is 16.1.